The van der Waals surface area contributed by atoms with E-state index in [0.29, 0.717) is 12.5 Å². The number of carboxylic acid groups (broad SMARTS) is 1. The zero-order chi connectivity index (χ0) is 15.5. The number of carbonyl (C=O) groups is 2. The molecule has 1 aliphatic heterocycles. The van der Waals surface area contributed by atoms with Gasteiger partial charge in [-0.25, -0.2) is 4.79 Å². The molecule has 6 heteroatoms. The summed E-state index contributed by atoms with van der Waals surface area (Å²) in [4.78, 5) is 27.1. The number of rotatable bonds is 6. The fraction of sp³-hybridized carbons (Fsp3) is 0.867. The molecule has 1 heterocycles. The van der Waals surface area contributed by atoms with Crippen molar-refractivity contribution in [3.63, 3.8) is 0 Å². The van der Waals surface area contributed by atoms with Gasteiger partial charge in [0.15, 0.2) is 0 Å². The highest BCUT2D eigenvalue weighted by Crippen LogP contribution is 2.43. The van der Waals surface area contributed by atoms with Crippen molar-refractivity contribution >= 4 is 12.0 Å². The van der Waals surface area contributed by atoms with Gasteiger partial charge in [-0.15, -0.1) is 0 Å². The van der Waals surface area contributed by atoms with Gasteiger partial charge in [0.05, 0.1) is 6.42 Å². The van der Waals surface area contributed by atoms with Gasteiger partial charge in [0.1, 0.15) is 0 Å². The molecule has 0 bridgehead atoms. The lowest BCUT2D eigenvalue weighted by Crippen LogP contribution is -2.47. The Balaban J connectivity index is 1.74. The highest BCUT2D eigenvalue weighted by molar-refractivity contribution is 5.74. The predicted molar refractivity (Wildman–Crippen MR) is 80.2 cm³/mol. The Morgan fingerprint density at radius 2 is 2.14 bits per heavy atom. The van der Waals surface area contributed by atoms with Crippen LogP contribution in [0.15, 0.2) is 0 Å². The summed E-state index contributed by atoms with van der Waals surface area (Å²) < 4.78 is 0. The summed E-state index contributed by atoms with van der Waals surface area (Å²) in [6, 6.07) is -0.0822. The first-order chi connectivity index (χ1) is 9.90. The maximum absolute atomic E-state index is 12.1. The SMILES string of the molecule is CN1CCC(CN(C)C(=O)NCC2(CC(=O)O)CCC2)C1. The van der Waals surface area contributed by atoms with E-state index >= 15 is 0 Å². The van der Waals surface area contributed by atoms with Gasteiger partial charge in [-0.1, -0.05) is 6.42 Å². The van der Waals surface area contributed by atoms with Crippen molar-refractivity contribution in [1.29, 1.82) is 0 Å². The number of nitrogens with zero attached hydrogens (tertiary/aromatic N) is 2. The smallest absolute Gasteiger partial charge is 0.317 e. The van der Waals surface area contributed by atoms with E-state index < -0.39 is 5.97 Å². The molecule has 0 radical (unpaired) electrons. The second-order valence-corrected chi connectivity index (χ2v) is 6.88. The molecule has 1 saturated heterocycles. The number of carboxylic acids is 1. The van der Waals surface area contributed by atoms with E-state index in [9.17, 15) is 9.59 Å². The quantitative estimate of drug-likeness (QED) is 0.773. The molecule has 1 saturated carbocycles. The lowest BCUT2D eigenvalue weighted by molar-refractivity contribution is -0.141. The van der Waals surface area contributed by atoms with Crippen molar-refractivity contribution in [3.05, 3.63) is 0 Å². The van der Waals surface area contributed by atoms with Crippen LogP contribution in [0.1, 0.15) is 32.1 Å². The summed E-state index contributed by atoms with van der Waals surface area (Å²) in [6.07, 6.45) is 4.16. The molecule has 0 aromatic heterocycles. The average molecular weight is 297 g/mol. The first-order valence-electron chi connectivity index (χ1n) is 7.79. The van der Waals surface area contributed by atoms with Gasteiger partial charge < -0.3 is 20.2 Å². The second kappa shape index (κ2) is 6.64. The van der Waals surface area contributed by atoms with Gasteiger partial charge in [-0.3, -0.25) is 4.79 Å². The number of hydrogen-bond acceptors (Lipinski definition) is 3. The molecule has 0 aromatic rings. The van der Waals surface area contributed by atoms with Crippen LogP contribution in [-0.4, -0.2) is 67.2 Å². The average Bonchev–Trinajstić information content (AvgIpc) is 2.77. The van der Waals surface area contributed by atoms with Crippen LogP contribution in [0.25, 0.3) is 0 Å². The molecule has 0 aromatic carbocycles. The molecular formula is C15H27N3O3. The van der Waals surface area contributed by atoms with E-state index in [1.54, 1.807) is 4.90 Å². The summed E-state index contributed by atoms with van der Waals surface area (Å²) in [6.45, 7) is 3.39. The van der Waals surface area contributed by atoms with Crippen molar-refractivity contribution in [2.45, 2.75) is 32.1 Å². The number of urea groups is 1. The molecule has 1 atom stereocenters. The molecule has 120 valence electrons. The number of aliphatic carboxylic acids is 1. The van der Waals surface area contributed by atoms with E-state index in [4.69, 9.17) is 5.11 Å². The van der Waals surface area contributed by atoms with Crippen LogP contribution >= 0.6 is 0 Å². The molecular weight excluding hydrogens is 270 g/mol. The van der Waals surface area contributed by atoms with Gasteiger partial charge in [0.2, 0.25) is 0 Å². The fourth-order valence-electron chi connectivity index (χ4n) is 3.46. The minimum atomic E-state index is -0.772. The molecule has 0 spiro atoms. The third-order valence-electron chi connectivity index (χ3n) is 4.92. The van der Waals surface area contributed by atoms with Crippen molar-refractivity contribution in [2.75, 3.05) is 40.3 Å². The van der Waals surface area contributed by atoms with E-state index in [-0.39, 0.29) is 17.9 Å². The Hall–Kier alpha value is -1.30. The minimum absolute atomic E-state index is 0.0822. The number of hydrogen-bond donors (Lipinski definition) is 2. The first kappa shape index (κ1) is 16.1. The fourth-order valence-corrected chi connectivity index (χ4v) is 3.46. The topological polar surface area (TPSA) is 72.9 Å². The highest BCUT2D eigenvalue weighted by atomic mass is 16.4. The van der Waals surface area contributed by atoms with Gasteiger partial charge in [-0.2, -0.15) is 0 Å². The number of likely N-dealkylation sites (tertiary alicyclic amines) is 1. The molecule has 2 fully saturated rings. The third kappa shape index (κ3) is 4.33. The third-order valence-corrected chi connectivity index (χ3v) is 4.92. The van der Waals surface area contributed by atoms with Crippen molar-refractivity contribution in [2.24, 2.45) is 11.3 Å². The van der Waals surface area contributed by atoms with Crippen LogP contribution in [0.2, 0.25) is 0 Å². The van der Waals surface area contributed by atoms with Gasteiger partial charge in [0, 0.05) is 26.7 Å². The summed E-state index contributed by atoms with van der Waals surface area (Å²) in [5.41, 5.74) is -0.212. The molecule has 6 nitrogen and oxygen atoms in total. The van der Waals surface area contributed by atoms with Gasteiger partial charge >= 0.3 is 12.0 Å². The Morgan fingerprint density at radius 1 is 1.43 bits per heavy atom. The van der Waals surface area contributed by atoms with Crippen molar-refractivity contribution < 1.29 is 14.7 Å². The number of carbonyl (C=O) groups excluding carboxylic acids is 1. The Bertz CT molecular complexity index is 396. The van der Waals surface area contributed by atoms with Crippen LogP contribution < -0.4 is 5.32 Å². The van der Waals surface area contributed by atoms with E-state index in [1.807, 2.05) is 7.05 Å². The van der Waals surface area contributed by atoms with Crippen LogP contribution in [0.4, 0.5) is 4.79 Å². The highest BCUT2D eigenvalue weighted by Gasteiger charge is 2.39. The molecule has 2 aliphatic rings. The maximum Gasteiger partial charge on any atom is 0.317 e. The van der Waals surface area contributed by atoms with Crippen LogP contribution in [0.3, 0.4) is 0 Å². The first-order valence-corrected chi connectivity index (χ1v) is 7.79. The molecule has 1 unspecified atom stereocenters. The monoisotopic (exact) mass is 297 g/mol. The van der Waals surface area contributed by atoms with Crippen molar-refractivity contribution in [3.8, 4) is 0 Å². The van der Waals surface area contributed by atoms with E-state index in [1.165, 1.54) is 0 Å². The number of amides is 2. The molecule has 2 N–H and O–H groups in total. The van der Waals surface area contributed by atoms with Crippen molar-refractivity contribution in [1.82, 2.24) is 15.1 Å². The largest absolute Gasteiger partial charge is 0.481 e. The second-order valence-electron chi connectivity index (χ2n) is 6.88. The summed E-state index contributed by atoms with van der Waals surface area (Å²) in [7, 11) is 3.92. The van der Waals surface area contributed by atoms with Gasteiger partial charge in [-0.05, 0) is 44.2 Å². The Morgan fingerprint density at radius 3 is 2.62 bits per heavy atom. The molecule has 2 amide bonds. The Kier molecular flexibility index (Phi) is 5.08. The lowest BCUT2D eigenvalue weighted by Gasteiger charge is -2.41. The maximum atomic E-state index is 12.1. The summed E-state index contributed by atoms with van der Waals surface area (Å²) in [5.74, 6) is -0.228. The molecule has 1 aliphatic carbocycles. The Labute approximate surface area is 126 Å². The molecule has 21 heavy (non-hydrogen) atoms. The molecule has 2 rings (SSSR count). The summed E-state index contributed by atoms with van der Waals surface area (Å²) >= 11 is 0. The van der Waals surface area contributed by atoms with E-state index in [2.05, 4.69) is 17.3 Å². The number of nitrogens with one attached hydrogen (secondary N) is 1. The van der Waals surface area contributed by atoms with E-state index in [0.717, 1.165) is 45.3 Å². The normalized spacial score (nSPS) is 24.4. The minimum Gasteiger partial charge on any atom is -0.481 e. The van der Waals surface area contributed by atoms with Crippen LogP contribution in [-0.2, 0) is 4.79 Å². The van der Waals surface area contributed by atoms with Crippen LogP contribution in [0, 0.1) is 11.3 Å². The lowest BCUT2D eigenvalue weighted by atomic mass is 9.66. The van der Waals surface area contributed by atoms with Gasteiger partial charge in [0.25, 0.3) is 0 Å². The summed E-state index contributed by atoms with van der Waals surface area (Å²) in [5, 5.41) is 11.9. The standard InChI is InChI=1S/C15H27N3O3/c1-17-7-4-12(9-17)10-18(2)14(21)16-11-15(5-3-6-15)8-13(19)20/h12H,3-11H2,1-2H3,(H,16,21)(H,19,20). The van der Waals surface area contributed by atoms with Crippen LogP contribution in [0.5, 0.6) is 0 Å². The zero-order valence-corrected chi connectivity index (χ0v) is 13.1. The predicted octanol–water partition coefficient (Wildman–Crippen LogP) is 1.22. The zero-order valence-electron chi connectivity index (χ0n) is 13.1.